The van der Waals surface area contributed by atoms with Crippen LogP contribution in [0.1, 0.15) is 17.3 Å². The maximum absolute atomic E-state index is 12.5. The molecular formula is C19H18Cl2N4O4. The topological polar surface area (TPSA) is 95.8 Å². The van der Waals surface area contributed by atoms with Crippen LogP contribution < -0.4 is 10.2 Å². The summed E-state index contributed by atoms with van der Waals surface area (Å²) < 4.78 is 0. The normalized spacial score (nSPS) is 13.9. The molecule has 1 N–H and O–H groups in total. The molecule has 8 nitrogen and oxygen atoms in total. The van der Waals surface area contributed by atoms with Crippen molar-refractivity contribution in [3.05, 3.63) is 62.1 Å². The third-order valence-electron chi connectivity index (χ3n) is 4.68. The lowest BCUT2D eigenvalue weighted by atomic mass is 10.1. The van der Waals surface area contributed by atoms with E-state index in [0.717, 1.165) is 11.8 Å². The highest BCUT2D eigenvalue weighted by atomic mass is 35.5. The zero-order chi connectivity index (χ0) is 21.1. The van der Waals surface area contributed by atoms with E-state index in [9.17, 15) is 19.7 Å². The molecule has 0 atom stereocenters. The third-order valence-corrected chi connectivity index (χ3v) is 5.31. The molecule has 10 heteroatoms. The number of nitrogens with zero attached hydrogens (tertiary/aromatic N) is 3. The van der Waals surface area contributed by atoms with Gasteiger partial charge in [0.2, 0.25) is 5.91 Å². The van der Waals surface area contributed by atoms with Gasteiger partial charge in [-0.25, -0.2) is 0 Å². The van der Waals surface area contributed by atoms with E-state index in [1.807, 2.05) is 0 Å². The molecule has 3 rings (SSSR count). The fourth-order valence-corrected chi connectivity index (χ4v) is 3.61. The first-order valence-electron chi connectivity index (χ1n) is 8.81. The molecule has 1 fully saturated rings. The van der Waals surface area contributed by atoms with Crippen molar-refractivity contribution in [2.45, 2.75) is 6.92 Å². The van der Waals surface area contributed by atoms with Crippen molar-refractivity contribution in [3.8, 4) is 0 Å². The van der Waals surface area contributed by atoms with Crippen molar-refractivity contribution in [2.75, 3.05) is 36.4 Å². The summed E-state index contributed by atoms with van der Waals surface area (Å²) in [5.41, 5.74) is 1.02. The van der Waals surface area contributed by atoms with Crippen LogP contribution in [0.5, 0.6) is 0 Å². The number of nitro benzene ring substituents is 1. The van der Waals surface area contributed by atoms with Gasteiger partial charge in [-0.3, -0.25) is 19.7 Å². The molecule has 2 amide bonds. The highest BCUT2D eigenvalue weighted by molar-refractivity contribution is 6.35. The zero-order valence-electron chi connectivity index (χ0n) is 15.5. The average Bonchev–Trinajstić information content (AvgIpc) is 2.68. The smallest absolute Gasteiger partial charge is 0.270 e. The van der Waals surface area contributed by atoms with Gasteiger partial charge in [-0.15, -0.1) is 0 Å². The summed E-state index contributed by atoms with van der Waals surface area (Å²) in [5, 5.41) is 14.1. The summed E-state index contributed by atoms with van der Waals surface area (Å²) >= 11 is 12.4. The maximum atomic E-state index is 12.5. The van der Waals surface area contributed by atoms with Gasteiger partial charge in [-0.2, -0.15) is 0 Å². The molecule has 0 radical (unpaired) electrons. The molecule has 1 saturated heterocycles. The van der Waals surface area contributed by atoms with Gasteiger partial charge < -0.3 is 15.1 Å². The van der Waals surface area contributed by atoms with Gasteiger partial charge in [0.15, 0.2) is 0 Å². The average molecular weight is 437 g/mol. The molecule has 0 aromatic heterocycles. The molecule has 2 aromatic carbocycles. The number of rotatable bonds is 4. The minimum absolute atomic E-state index is 0.00132. The molecule has 1 aliphatic heterocycles. The standard InChI is InChI=1S/C19H18Cl2N4O4/c1-12(26)23-6-8-24(9-7-23)18-5-2-13(10-17(18)21)22-19(27)15-11-14(25(28)29)3-4-16(15)20/h2-5,10-11H,6-9H2,1H3,(H,22,27). The second-order valence-electron chi connectivity index (χ2n) is 6.53. The van der Waals surface area contributed by atoms with E-state index in [4.69, 9.17) is 23.2 Å². The Bertz CT molecular complexity index is 975. The number of hydrogen-bond acceptors (Lipinski definition) is 5. The van der Waals surface area contributed by atoms with E-state index in [0.29, 0.717) is 36.9 Å². The number of amides is 2. The van der Waals surface area contributed by atoms with Crippen LogP contribution in [0.3, 0.4) is 0 Å². The Hall–Kier alpha value is -2.84. The molecule has 0 spiro atoms. The first-order chi connectivity index (χ1) is 13.8. The molecule has 29 heavy (non-hydrogen) atoms. The first kappa shape index (κ1) is 20.9. The number of nitro groups is 1. The Balaban J connectivity index is 1.73. The van der Waals surface area contributed by atoms with Crippen LogP contribution in [0.15, 0.2) is 36.4 Å². The second-order valence-corrected chi connectivity index (χ2v) is 7.35. The Labute approximate surface area is 177 Å². The quantitative estimate of drug-likeness (QED) is 0.580. The molecule has 0 aliphatic carbocycles. The summed E-state index contributed by atoms with van der Waals surface area (Å²) in [6.07, 6.45) is 0. The number of anilines is 2. The molecule has 152 valence electrons. The summed E-state index contributed by atoms with van der Waals surface area (Å²) in [6, 6.07) is 8.76. The molecule has 0 unspecified atom stereocenters. The molecule has 1 heterocycles. The number of benzene rings is 2. The van der Waals surface area contributed by atoms with E-state index >= 15 is 0 Å². The van der Waals surface area contributed by atoms with Crippen LogP contribution in [0, 0.1) is 10.1 Å². The Morgan fingerprint density at radius 1 is 1.03 bits per heavy atom. The van der Waals surface area contributed by atoms with Crippen molar-refractivity contribution >= 4 is 52.1 Å². The van der Waals surface area contributed by atoms with Crippen molar-refractivity contribution in [2.24, 2.45) is 0 Å². The van der Waals surface area contributed by atoms with Gasteiger partial charge in [-0.1, -0.05) is 23.2 Å². The zero-order valence-corrected chi connectivity index (χ0v) is 17.0. The highest BCUT2D eigenvalue weighted by Gasteiger charge is 2.21. The van der Waals surface area contributed by atoms with Crippen molar-refractivity contribution in [3.63, 3.8) is 0 Å². The first-order valence-corrected chi connectivity index (χ1v) is 9.57. The van der Waals surface area contributed by atoms with Gasteiger partial charge in [0.25, 0.3) is 11.6 Å². The monoisotopic (exact) mass is 436 g/mol. The van der Waals surface area contributed by atoms with Crippen LogP contribution >= 0.6 is 23.2 Å². The number of non-ortho nitro benzene ring substituents is 1. The number of hydrogen-bond donors (Lipinski definition) is 1. The van der Waals surface area contributed by atoms with Gasteiger partial charge in [0, 0.05) is 50.9 Å². The number of halogens is 2. The largest absolute Gasteiger partial charge is 0.367 e. The van der Waals surface area contributed by atoms with Crippen molar-refractivity contribution in [1.29, 1.82) is 0 Å². The fourth-order valence-electron chi connectivity index (χ4n) is 3.10. The summed E-state index contributed by atoms with van der Waals surface area (Å²) in [6.45, 7) is 4.11. The number of carbonyl (C=O) groups excluding carboxylic acids is 2. The molecule has 0 bridgehead atoms. The summed E-state index contributed by atoms with van der Waals surface area (Å²) in [5.74, 6) is -0.522. The van der Waals surface area contributed by atoms with Crippen LogP contribution in [0.25, 0.3) is 0 Å². The van der Waals surface area contributed by atoms with E-state index in [1.54, 1.807) is 30.0 Å². The Kier molecular flexibility index (Phi) is 6.24. The summed E-state index contributed by atoms with van der Waals surface area (Å²) in [4.78, 5) is 38.1. The van der Waals surface area contributed by atoms with E-state index in [1.165, 1.54) is 12.1 Å². The third kappa shape index (κ3) is 4.78. The predicted octanol–water partition coefficient (Wildman–Crippen LogP) is 3.82. The van der Waals surface area contributed by atoms with E-state index in [-0.39, 0.29) is 22.2 Å². The van der Waals surface area contributed by atoms with E-state index in [2.05, 4.69) is 10.2 Å². The molecule has 2 aromatic rings. The van der Waals surface area contributed by atoms with Crippen LogP contribution in [-0.4, -0.2) is 47.8 Å². The molecule has 1 aliphatic rings. The van der Waals surface area contributed by atoms with Gasteiger partial charge >= 0.3 is 0 Å². The lowest BCUT2D eigenvalue weighted by molar-refractivity contribution is -0.384. The Morgan fingerprint density at radius 2 is 1.72 bits per heavy atom. The van der Waals surface area contributed by atoms with Gasteiger partial charge in [0.05, 0.1) is 26.2 Å². The molecular weight excluding hydrogens is 419 g/mol. The second kappa shape index (κ2) is 8.67. The maximum Gasteiger partial charge on any atom is 0.270 e. The van der Waals surface area contributed by atoms with Gasteiger partial charge in [0.1, 0.15) is 0 Å². The van der Waals surface area contributed by atoms with Crippen LogP contribution in [0.4, 0.5) is 17.1 Å². The number of nitrogens with one attached hydrogen (secondary N) is 1. The minimum atomic E-state index is -0.593. The number of piperazine rings is 1. The van der Waals surface area contributed by atoms with Gasteiger partial charge in [-0.05, 0) is 24.3 Å². The Morgan fingerprint density at radius 3 is 2.31 bits per heavy atom. The number of carbonyl (C=O) groups is 2. The van der Waals surface area contributed by atoms with E-state index < -0.39 is 10.8 Å². The molecule has 0 saturated carbocycles. The van der Waals surface area contributed by atoms with Crippen LogP contribution in [-0.2, 0) is 4.79 Å². The predicted molar refractivity (Wildman–Crippen MR) is 112 cm³/mol. The minimum Gasteiger partial charge on any atom is -0.367 e. The summed E-state index contributed by atoms with van der Waals surface area (Å²) in [7, 11) is 0. The lowest BCUT2D eigenvalue weighted by Gasteiger charge is -2.36. The lowest BCUT2D eigenvalue weighted by Crippen LogP contribution is -2.48. The SMILES string of the molecule is CC(=O)N1CCN(c2ccc(NC(=O)c3cc([N+](=O)[O-])ccc3Cl)cc2Cl)CC1. The fraction of sp³-hybridized carbons (Fsp3) is 0.263. The van der Waals surface area contributed by atoms with Crippen LogP contribution in [0.2, 0.25) is 10.0 Å². The van der Waals surface area contributed by atoms with Crippen molar-refractivity contribution in [1.82, 2.24) is 4.90 Å². The van der Waals surface area contributed by atoms with Crippen molar-refractivity contribution < 1.29 is 14.5 Å². The highest BCUT2D eigenvalue weighted by Crippen LogP contribution is 2.30.